The summed E-state index contributed by atoms with van der Waals surface area (Å²) in [6.07, 6.45) is 0. The van der Waals surface area contributed by atoms with Crippen molar-refractivity contribution >= 4 is 38.6 Å². The first-order valence-corrected chi connectivity index (χ1v) is 16.8. The van der Waals surface area contributed by atoms with E-state index >= 15 is 0 Å². The first kappa shape index (κ1) is 28.3. The standard InChI is InChI=1S/C47H35N/c1-47(2)44-20-12-11-19-42(44)45-43(31-36-15-9-10-18-41(36)46(45)47)37-22-21-35-30-40(28-25-34(35)29-37)48(38-16-7-4-8-17-38)39-26-23-33(24-27-39)32-13-5-3-6-14-32/h3-31H,1-2H3. The van der Waals surface area contributed by atoms with Crippen molar-refractivity contribution in [1.82, 2.24) is 0 Å². The predicted molar refractivity (Wildman–Crippen MR) is 205 cm³/mol. The van der Waals surface area contributed by atoms with Gasteiger partial charge in [0.15, 0.2) is 0 Å². The van der Waals surface area contributed by atoms with Crippen molar-refractivity contribution in [2.24, 2.45) is 0 Å². The lowest BCUT2D eigenvalue weighted by Crippen LogP contribution is -2.15. The summed E-state index contributed by atoms with van der Waals surface area (Å²) in [4.78, 5) is 2.34. The highest BCUT2D eigenvalue weighted by Crippen LogP contribution is 2.55. The first-order valence-electron chi connectivity index (χ1n) is 16.8. The number of para-hydroxylation sites is 1. The molecule has 0 atom stereocenters. The molecule has 0 amide bonds. The zero-order valence-electron chi connectivity index (χ0n) is 27.2. The van der Waals surface area contributed by atoms with Crippen LogP contribution in [0.2, 0.25) is 0 Å². The van der Waals surface area contributed by atoms with Crippen LogP contribution in [0.3, 0.4) is 0 Å². The van der Waals surface area contributed by atoms with Crippen LogP contribution in [0.4, 0.5) is 17.1 Å². The normalized spacial score (nSPS) is 13.0. The lowest BCUT2D eigenvalue weighted by atomic mass is 9.79. The van der Waals surface area contributed by atoms with Crippen molar-refractivity contribution in [1.29, 1.82) is 0 Å². The third-order valence-corrected chi connectivity index (χ3v) is 10.2. The molecule has 0 aliphatic heterocycles. The van der Waals surface area contributed by atoms with Crippen LogP contribution in [0, 0.1) is 0 Å². The van der Waals surface area contributed by atoms with Crippen molar-refractivity contribution in [3.63, 3.8) is 0 Å². The molecule has 0 bridgehead atoms. The number of fused-ring (bicyclic) bond motifs is 6. The highest BCUT2D eigenvalue weighted by Gasteiger charge is 2.38. The molecule has 1 aliphatic rings. The van der Waals surface area contributed by atoms with Gasteiger partial charge in [0.1, 0.15) is 0 Å². The lowest BCUT2D eigenvalue weighted by Gasteiger charge is -2.26. The van der Waals surface area contributed by atoms with Gasteiger partial charge in [0.05, 0.1) is 0 Å². The average Bonchev–Trinajstić information content (AvgIpc) is 3.39. The Morgan fingerprint density at radius 2 is 0.979 bits per heavy atom. The maximum Gasteiger partial charge on any atom is 0.0468 e. The molecule has 0 spiro atoms. The molecule has 0 fully saturated rings. The van der Waals surface area contributed by atoms with E-state index in [2.05, 4.69) is 195 Å². The van der Waals surface area contributed by atoms with Gasteiger partial charge in [-0.2, -0.15) is 0 Å². The van der Waals surface area contributed by atoms with Gasteiger partial charge in [0, 0.05) is 22.5 Å². The zero-order chi connectivity index (χ0) is 32.2. The van der Waals surface area contributed by atoms with Crippen molar-refractivity contribution < 1.29 is 0 Å². The van der Waals surface area contributed by atoms with Gasteiger partial charge in [-0.15, -0.1) is 0 Å². The van der Waals surface area contributed by atoms with Crippen LogP contribution in [-0.4, -0.2) is 0 Å². The Morgan fingerprint density at radius 3 is 1.79 bits per heavy atom. The number of hydrogen-bond acceptors (Lipinski definition) is 1. The number of rotatable bonds is 5. The Morgan fingerprint density at radius 1 is 0.396 bits per heavy atom. The van der Waals surface area contributed by atoms with E-state index in [0.717, 1.165) is 17.1 Å². The van der Waals surface area contributed by atoms with E-state index in [1.807, 2.05) is 0 Å². The fraction of sp³-hybridized carbons (Fsp3) is 0.0638. The monoisotopic (exact) mass is 613 g/mol. The molecule has 1 heteroatoms. The summed E-state index contributed by atoms with van der Waals surface area (Å²) < 4.78 is 0. The van der Waals surface area contributed by atoms with Crippen LogP contribution >= 0.6 is 0 Å². The largest absolute Gasteiger partial charge is 0.310 e. The Hall–Kier alpha value is -5.92. The minimum absolute atomic E-state index is 0.0759. The van der Waals surface area contributed by atoms with E-state index in [1.165, 1.54) is 66.1 Å². The topological polar surface area (TPSA) is 3.24 Å². The van der Waals surface area contributed by atoms with Gasteiger partial charge in [0.25, 0.3) is 0 Å². The van der Waals surface area contributed by atoms with Gasteiger partial charge in [-0.05, 0) is 115 Å². The highest BCUT2D eigenvalue weighted by molar-refractivity contribution is 6.05. The zero-order valence-corrected chi connectivity index (χ0v) is 27.2. The lowest BCUT2D eigenvalue weighted by molar-refractivity contribution is 0.666. The van der Waals surface area contributed by atoms with Gasteiger partial charge in [0.2, 0.25) is 0 Å². The smallest absolute Gasteiger partial charge is 0.0468 e. The quantitative estimate of drug-likeness (QED) is 0.187. The van der Waals surface area contributed by atoms with Crippen LogP contribution in [-0.2, 0) is 5.41 Å². The average molecular weight is 614 g/mol. The van der Waals surface area contributed by atoms with Gasteiger partial charge in [-0.1, -0.05) is 141 Å². The van der Waals surface area contributed by atoms with E-state index in [1.54, 1.807) is 0 Å². The second-order valence-corrected chi connectivity index (χ2v) is 13.4. The Kier molecular flexibility index (Phi) is 6.55. The fourth-order valence-electron chi connectivity index (χ4n) is 7.88. The Balaban J connectivity index is 1.16. The van der Waals surface area contributed by atoms with Crippen molar-refractivity contribution in [3.8, 4) is 33.4 Å². The van der Waals surface area contributed by atoms with Crippen LogP contribution in [0.5, 0.6) is 0 Å². The van der Waals surface area contributed by atoms with E-state index in [0.29, 0.717) is 0 Å². The summed E-state index contributed by atoms with van der Waals surface area (Å²) in [5.41, 5.74) is 13.9. The van der Waals surface area contributed by atoms with E-state index in [-0.39, 0.29) is 5.41 Å². The van der Waals surface area contributed by atoms with E-state index in [4.69, 9.17) is 0 Å². The molecule has 0 unspecified atom stereocenters. The van der Waals surface area contributed by atoms with E-state index < -0.39 is 0 Å². The molecule has 8 aromatic carbocycles. The third kappa shape index (κ3) is 4.54. The summed E-state index contributed by atoms with van der Waals surface area (Å²) in [5, 5.41) is 5.09. The molecule has 0 saturated carbocycles. The van der Waals surface area contributed by atoms with Crippen LogP contribution in [0.25, 0.3) is 54.9 Å². The summed E-state index contributed by atoms with van der Waals surface area (Å²) in [6, 6.07) is 64.2. The second kappa shape index (κ2) is 11.1. The summed E-state index contributed by atoms with van der Waals surface area (Å²) in [7, 11) is 0. The molecule has 228 valence electrons. The maximum absolute atomic E-state index is 2.40. The number of benzene rings is 8. The molecule has 48 heavy (non-hydrogen) atoms. The number of hydrogen-bond donors (Lipinski definition) is 0. The van der Waals surface area contributed by atoms with Crippen LogP contribution in [0.15, 0.2) is 176 Å². The molecule has 8 aromatic rings. The minimum atomic E-state index is -0.0759. The summed E-state index contributed by atoms with van der Waals surface area (Å²) >= 11 is 0. The Labute approximate surface area is 282 Å². The van der Waals surface area contributed by atoms with Gasteiger partial charge < -0.3 is 4.90 Å². The second-order valence-electron chi connectivity index (χ2n) is 13.4. The predicted octanol–water partition coefficient (Wildman–Crippen LogP) is 13.1. The molecule has 0 radical (unpaired) electrons. The van der Waals surface area contributed by atoms with Crippen LogP contribution in [0.1, 0.15) is 25.0 Å². The molecule has 1 aliphatic carbocycles. The number of nitrogens with zero attached hydrogens (tertiary/aromatic N) is 1. The minimum Gasteiger partial charge on any atom is -0.310 e. The molecule has 9 rings (SSSR count). The fourth-order valence-corrected chi connectivity index (χ4v) is 7.88. The maximum atomic E-state index is 2.40. The highest BCUT2D eigenvalue weighted by atomic mass is 15.1. The molecule has 0 saturated heterocycles. The third-order valence-electron chi connectivity index (χ3n) is 10.2. The molecular formula is C47H35N. The first-order chi connectivity index (χ1) is 23.6. The van der Waals surface area contributed by atoms with Crippen molar-refractivity contribution in [3.05, 3.63) is 187 Å². The van der Waals surface area contributed by atoms with Gasteiger partial charge in [-0.25, -0.2) is 0 Å². The van der Waals surface area contributed by atoms with Crippen molar-refractivity contribution in [2.45, 2.75) is 19.3 Å². The molecular weight excluding hydrogens is 579 g/mol. The molecule has 1 nitrogen and oxygen atoms in total. The summed E-state index contributed by atoms with van der Waals surface area (Å²) in [5.74, 6) is 0. The Bertz CT molecular complexity index is 2460. The van der Waals surface area contributed by atoms with Crippen molar-refractivity contribution in [2.75, 3.05) is 4.90 Å². The molecule has 0 N–H and O–H groups in total. The SMILES string of the molecule is CC1(C)c2ccccc2-c2c(-c3ccc4cc(N(c5ccccc5)c5ccc(-c6ccccc6)cc5)ccc4c3)cc3ccccc3c21. The molecule has 0 heterocycles. The number of anilines is 3. The molecule has 0 aromatic heterocycles. The van der Waals surface area contributed by atoms with Crippen LogP contribution < -0.4 is 4.90 Å². The van der Waals surface area contributed by atoms with Gasteiger partial charge in [-0.3, -0.25) is 0 Å². The van der Waals surface area contributed by atoms with E-state index in [9.17, 15) is 0 Å². The van der Waals surface area contributed by atoms with Gasteiger partial charge >= 0.3 is 0 Å². The summed E-state index contributed by atoms with van der Waals surface area (Å²) in [6.45, 7) is 4.76.